The van der Waals surface area contributed by atoms with Gasteiger partial charge in [-0.05, 0) is 18.4 Å². The molecule has 1 aromatic carbocycles. The summed E-state index contributed by atoms with van der Waals surface area (Å²) in [6.07, 6.45) is 0.690. The molecule has 2 rings (SSSR count). The van der Waals surface area contributed by atoms with E-state index in [9.17, 15) is 18.5 Å². The van der Waals surface area contributed by atoms with Gasteiger partial charge in [0.1, 0.15) is 0 Å². The Bertz CT molecular complexity index is 617. The number of non-ortho nitro benzene ring substituents is 1. The fourth-order valence-electron chi connectivity index (χ4n) is 2.19. The van der Waals surface area contributed by atoms with Gasteiger partial charge in [0.25, 0.3) is 5.69 Å². The molecule has 0 amide bonds. The maximum Gasteiger partial charge on any atom is 0.270 e. The molecule has 1 aliphatic rings. The van der Waals surface area contributed by atoms with Gasteiger partial charge in [0.2, 0.25) is 10.0 Å². The Morgan fingerprint density at radius 1 is 1.45 bits per heavy atom. The summed E-state index contributed by atoms with van der Waals surface area (Å²) >= 11 is 0. The van der Waals surface area contributed by atoms with E-state index in [1.807, 2.05) is 6.92 Å². The lowest BCUT2D eigenvalue weighted by atomic mass is 9.96. The van der Waals surface area contributed by atoms with Crippen LogP contribution in [-0.4, -0.2) is 36.8 Å². The average molecular weight is 299 g/mol. The van der Waals surface area contributed by atoms with Crippen LogP contribution in [0.25, 0.3) is 0 Å². The molecule has 2 unspecified atom stereocenters. The average Bonchev–Trinajstić information content (AvgIpc) is 2.42. The van der Waals surface area contributed by atoms with Crippen molar-refractivity contribution in [1.82, 2.24) is 4.31 Å². The molecular weight excluding hydrogens is 282 g/mol. The highest BCUT2D eigenvalue weighted by molar-refractivity contribution is 7.89. The minimum absolute atomic E-state index is 0.0616. The van der Waals surface area contributed by atoms with Crippen LogP contribution < -0.4 is 5.73 Å². The maximum absolute atomic E-state index is 12.5. The molecule has 0 radical (unpaired) electrons. The molecule has 110 valence electrons. The van der Waals surface area contributed by atoms with Gasteiger partial charge in [0.15, 0.2) is 0 Å². The topological polar surface area (TPSA) is 107 Å². The van der Waals surface area contributed by atoms with Crippen LogP contribution in [-0.2, 0) is 10.0 Å². The highest BCUT2D eigenvalue weighted by atomic mass is 32.2. The highest BCUT2D eigenvalue weighted by Crippen LogP contribution is 2.25. The standard InChI is InChI=1S/C12H17N3O4S/c1-9-5-6-14(8-12(9)13)20(18,19)11-4-2-3-10(7-11)15(16)17/h2-4,7,9,12H,5-6,8,13H2,1H3. The number of nitrogens with two attached hydrogens (primary N) is 1. The number of nitro benzene ring substituents is 1. The quantitative estimate of drug-likeness (QED) is 0.660. The van der Waals surface area contributed by atoms with Crippen LogP contribution in [0.4, 0.5) is 5.69 Å². The van der Waals surface area contributed by atoms with Crippen LogP contribution in [0.1, 0.15) is 13.3 Å². The van der Waals surface area contributed by atoms with E-state index in [1.165, 1.54) is 22.5 Å². The van der Waals surface area contributed by atoms with Gasteiger partial charge in [-0.15, -0.1) is 0 Å². The molecule has 0 aromatic heterocycles. The minimum atomic E-state index is -3.73. The molecule has 0 bridgehead atoms. The zero-order chi connectivity index (χ0) is 14.9. The lowest BCUT2D eigenvalue weighted by molar-refractivity contribution is -0.385. The number of hydrogen-bond donors (Lipinski definition) is 1. The van der Waals surface area contributed by atoms with Crippen molar-refractivity contribution < 1.29 is 13.3 Å². The highest BCUT2D eigenvalue weighted by Gasteiger charge is 2.32. The number of benzene rings is 1. The normalized spacial score (nSPS) is 24.5. The molecule has 1 fully saturated rings. The lowest BCUT2D eigenvalue weighted by Crippen LogP contribution is -2.49. The largest absolute Gasteiger partial charge is 0.326 e. The summed E-state index contributed by atoms with van der Waals surface area (Å²) in [6, 6.07) is 4.88. The summed E-state index contributed by atoms with van der Waals surface area (Å²) in [5, 5.41) is 10.7. The molecule has 20 heavy (non-hydrogen) atoms. The number of piperidine rings is 1. The fraction of sp³-hybridized carbons (Fsp3) is 0.500. The van der Waals surface area contributed by atoms with Gasteiger partial charge in [-0.25, -0.2) is 8.42 Å². The Balaban J connectivity index is 2.31. The molecule has 0 saturated carbocycles. The fourth-order valence-corrected chi connectivity index (χ4v) is 3.73. The van der Waals surface area contributed by atoms with Crippen LogP contribution in [0.5, 0.6) is 0 Å². The summed E-state index contributed by atoms with van der Waals surface area (Å²) in [6.45, 7) is 2.62. The molecule has 1 heterocycles. The van der Waals surface area contributed by atoms with Gasteiger partial charge in [-0.3, -0.25) is 10.1 Å². The van der Waals surface area contributed by atoms with E-state index in [0.717, 1.165) is 6.07 Å². The second-order valence-corrected chi connectivity index (χ2v) is 6.99. The smallest absolute Gasteiger partial charge is 0.270 e. The zero-order valence-electron chi connectivity index (χ0n) is 11.1. The van der Waals surface area contributed by atoms with Crippen LogP contribution in [0, 0.1) is 16.0 Å². The van der Waals surface area contributed by atoms with Gasteiger partial charge >= 0.3 is 0 Å². The first-order chi connectivity index (χ1) is 9.32. The second-order valence-electron chi connectivity index (χ2n) is 5.05. The van der Waals surface area contributed by atoms with Crippen molar-refractivity contribution in [2.45, 2.75) is 24.3 Å². The Hall–Kier alpha value is -1.51. The van der Waals surface area contributed by atoms with Crippen molar-refractivity contribution in [3.05, 3.63) is 34.4 Å². The molecule has 1 aromatic rings. The predicted molar refractivity (Wildman–Crippen MR) is 73.6 cm³/mol. The molecule has 7 nitrogen and oxygen atoms in total. The Morgan fingerprint density at radius 3 is 2.75 bits per heavy atom. The molecule has 2 N–H and O–H groups in total. The van der Waals surface area contributed by atoms with Gasteiger partial charge in [-0.2, -0.15) is 4.31 Å². The summed E-state index contributed by atoms with van der Waals surface area (Å²) in [7, 11) is -3.73. The monoisotopic (exact) mass is 299 g/mol. The van der Waals surface area contributed by atoms with Gasteiger partial charge in [0, 0.05) is 31.3 Å². The summed E-state index contributed by atoms with van der Waals surface area (Å²) in [5.41, 5.74) is 5.67. The van der Waals surface area contributed by atoms with Crippen LogP contribution in [0.15, 0.2) is 29.2 Å². The number of nitrogens with zero attached hydrogens (tertiary/aromatic N) is 2. The van der Waals surface area contributed by atoms with E-state index in [2.05, 4.69) is 0 Å². The Labute approximate surface area is 117 Å². The van der Waals surface area contributed by atoms with Crippen molar-refractivity contribution in [2.75, 3.05) is 13.1 Å². The first-order valence-electron chi connectivity index (χ1n) is 6.32. The van der Waals surface area contributed by atoms with Crippen molar-refractivity contribution >= 4 is 15.7 Å². The maximum atomic E-state index is 12.5. The van der Waals surface area contributed by atoms with Crippen LogP contribution in [0.2, 0.25) is 0 Å². The van der Waals surface area contributed by atoms with E-state index in [0.29, 0.717) is 13.0 Å². The Morgan fingerprint density at radius 2 is 2.15 bits per heavy atom. The number of hydrogen-bond acceptors (Lipinski definition) is 5. The van der Waals surface area contributed by atoms with E-state index in [1.54, 1.807) is 0 Å². The molecule has 2 atom stereocenters. The molecule has 0 aliphatic carbocycles. The van der Waals surface area contributed by atoms with Crippen molar-refractivity contribution in [3.63, 3.8) is 0 Å². The van der Waals surface area contributed by atoms with Crippen LogP contribution >= 0.6 is 0 Å². The summed E-state index contributed by atoms with van der Waals surface area (Å²) in [4.78, 5) is 10.1. The van der Waals surface area contributed by atoms with E-state index in [4.69, 9.17) is 5.73 Å². The lowest BCUT2D eigenvalue weighted by Gasteiger charge is -2.34. The predicted octanol–water partition coefficient (Wildman–Crippen LogP) is 0.953. The summed E-state index contributed by atoms with van der Waals surface area (Å²) < 4.78 is 26.2. The van der Waals surface area contributed by atoms with Gasteiger partial charge in [0.05, 0.1) is 9.82 Å². The SMILES string of the molecule is CC1CCN(S(=O)(=O)c2cccc([N+](=O)[O-])c2)CC1N. The number of sulfonamides is 1. The molecule has 0 spiro atoms. The summed E-state index contributed by atoms with van der Waals surface area (Å²) in [5.74, 6) is 0.270. The first-order valence-corrected chi connectivity index (χ1v) is 7.76. The molecule has 8 heteroatoms. The number of rotatable bonds is 3. The Kier molecular flexibility index (Phi) is 4.07. The molecule has 1 aliphatic heterocycles. The van der Waals surface area contributed by atoms with Gasteiger partial charge < -0.3 is 5.73 Å². The van der Waals surface area contributed by atoms with Gasteiger partial charge in [-0.1, -0.05) is 13.0 Å². The van der Waals surface area contributed by atoms with E-state index < -0.39 is 14.9 Å². The third-order valence-electron chi connectivity index (χ3n) is 3.65. The van der Waals surface area contributed by atoms with Crippen molar-refractivity contribution in [3.8, 4) is 0 Å². The molecule has 1 saturated heterocycles. The van der Waals surface area contributed by atoms with Crippen molar-refractivity contribution in [1.29, 1.82) is 0 Å². The zero-order valence-corrected chi connectivity index (χ0v) is 11.9. The second kappa shape index (κ2) is 5.47. The minimum Gasteiger partial charge on any atom is -0.326 e. The van der Waals surface area contributed by atoms with E-state index >= 15 is 0 Å². The number of nitro groups is 1. The molecular formula is C12H17N3O4S. The van der Waals surface area contributed by atoms with Crippen LogP contribution in [0.3, 0.4) is 0 Å². The first kappa shape index (κ1) is 14.9. The van der Waals surface area contributed by atoms with Crippen molar-refractivity contribution in [2.24, 2.45) is 11.7 Å². The third-order valence-corrected chi connectivity index (χ3v) is 5.51. The third kappa shape index (κ3) is 2.82. The van der Waals surface area contributed by atoms with E-state index in [-0.39, 0.29) is 29.1 Å².